The first-order chi connectivity index (χ1) is 12.1. The molecule has 0 spiro atoms. The number of rotatable bonds is 5. The third-order valence-electron chi connectivity index (χ3n) is 5.40. The SMILES string of the molecule is NC1(C(=O)NCC(c2ccccc2Cl)N2CCOCC2)CCCCC1. The summed E-state index contributed by atoms with van der Waals surface area (Å²) in [5.74, 6) is -0.0301. The highest BCUT2D eigenvalue weighted by molar-refractivity contribution is 6.31. The lowest BCUT2D eigenvalue weighted by atomic mass is 9.82. The predicted octanol–water partition coefficient (Wildman–Crippen LogP) is 2.49. The van der Waals surface area contributed by atoms with Gasteiger partial charge in [-0.05, 0) is 24.5 Å². The van der Waals surface area contributed by atoms with Crippen molar-refractivity contribution in [1.29, 1.82) is 0 Å². The number of hydrogen-bond acceptors (Lipinski definition) is 4. The van der Waals surface area contributed by atoms with Crippen molar-refractivity contribution in [2.45, 2.75) is 43.7 Å². The van der Waals surface area contributed by atoms with Crippen LogP contribution in [0.4, 0.5) is 0 Å². The average molecular weight is 366 g/mol. The van der Waals surface area contributed by atoms with Gasteiger partial charge in [-0.3, -0.25) is 9.69 Å². The number of nitrogens with two attached hydrogens (primary N) is 1. The fraction of sp³-hybridized carbons (Fsp3) is 0.632. The number of morpholine rings is 1. The Hall–Kier alpha value is -1.14. The van der Waals surface area contributed by atoms with Crippen molar-refractivity contribution >= 4 is 17.5 Å². The molecule has 1 aromatic carbocycles. The molecule has 1 aromatic rings. The van der Waals surface area contributed by atoms with E-state index < -0.39 is 5.54 Å². The van der Waals surface area contributed by atoms with E-state index in [1.165, 1.54) is 6.42 Å². The van der Waals surface area contributed by atoms with E-state index in [0.717, 1.165) is 49.4 Å². The zero-order valence-corrected chi connectivity index (χ0v) is 15.4. The molecule has 25 heavy (non-hydrogen) atoms. The minimum atomic E-state index is -0.714. The topological polar surface area (TPSA) is 67.6 Å². The molecule has 6 heteroatoms. The number of halogens is 1. The summed E-state index contributed by atoms with van der Waals surface area (Å²) in [6.45, 7) is 3.59. The molecular formula is C19H28ClN3O2. The number of carbonyl (C=O) groups excluding carboxylic acids is 1. The van der Waals surface area contributed by atoms with E-state index in [-0.39, 0.29) is 11.9 Å². The van der Waals surface area contributed by atoms with Crippen LogP contribution < -0.4 is 11.1 Å². The second-order valence-electron chi connectivity index (χ2n) is 7.11. The van der Waals surface area contributed by atoms with Gasteiger partial charge in [-0.15, -0.1) is 0 Å². The fourth-order valence-corrected chi connectivity index (χ4v) is 4.11. The maximum atomic E-state index is 12.7. The first-order valence-corrected chi connectivity index (χ1v) is 9.61. The Morgan fingerprint density at radius 2 is 1.92 bits per heavy atom. The van der Waals surface area contributed by atoms with Crippen LogP contribution in [0.1, 0.15) is 43.7 Å². The van der Waals surface area contributed by atoms with Crippen molar-refractivity contribution < 1.29 is 9.53 Å². The highest BCUT2D eigenvalue weighted by Crippen LogP contribution is 2.29. The molecule has 5 nitrogen and oxygen atoms in total. The van der Waals surface area contributed by atoms with Gasteiger partial charge in [0.25, 0.3) is 0 Å². The zero-order chi connectivity index (χ0) is 17.7. The van der Waals surface area contributed by atoms with Gasteiger partial charge in [-0.1, -0.05) is 49.1 Å². The second-order valence-corrected chi connectivity index (χ2v) is 7.52. The van der Waals surface area contributed by atoms with Crippen LogP contribution >= 0.6 is 11.6 Å². The summed E-state index contributed by atoms with van der Waals surface area (Å²) in [5.41, 5.74) is 6.69. The summed E-state index contributed by atoms with van der Waals surface area (Å²) in [4.78, 5) is 15.0. The maximum Gasteiger partial charge on any atom is 0.240 e. The molecule has 2 aliphatic rings. The number of carbonyl (C=O) groups is 1. The smallest absolute Gasteiger partial charge is 0.240 e. The Morgan fingerprint density at radius 1 is 1.24 bits per heavy atom. The minimum Gasteiger partial charge on any atom is -0.379 e. The monoisotopic (exact) mass is 365 g/mol. The molecule has 0 aromatic heterocycles. The van der Waals surface area contributed by atoms with E-state index in [9.17, 15) is 4.79 Å². The molecule has 0 radical (unpaired) electrons. The van der Waals surface area contributed by atoms with Crippen LogP contribution in [0, 0.1) is 0 Å². The van der Waals surface area contributed by atoms with E-state index in [1.807, 2.05) is 24.3 Å². The van der Waals surface area contributed by atoms with Crippen molar-refractivity contribution in [2.24, 2.45) is 5.73 Å². The fourth-order valence-electron chi connectivity index (χ4n) is 3.85. The number of benzene rings is 1. The normalized spacial score (nSPS) is 22.3. The van der Waals surface area contributed by atoms with Crippen LogP contribution in [-0.2, 0) is 9.53 Å². The van der Waals surface area contributed by atoms with Crippen LogP contribution in [-0.4, -0.2) is 49.2 Å². The Bertz CT molecular complexity index is 584. The van der Waals surface area contributed by atoms with E-state index >= 15 is 0 Å². The zero-order valence-electron chi connectivity index (χ0n) is 14.7. The molecule has 138 valence electrons. The standard InChI is InChI=1S/C19H28ClN3O2/c20-16-7-3-2-6-15(16)17(23-10-12-25-13-11-23)14-22-18(24)19(21)8-4-1-5-9-19/h2-3,6-7,17H,1,4-5,8-14,21H2,(H,22,24). The lowest BCUT2D eigenvalue weighted by molar-refractivity contribution is -0.127. The van der Waals surface area contributed by atoms with Gasteiger partial charge in [-0.25, -0.2) is 0 Å². The summed E-state index contributed by atoms with van der Waals surface area (Å²) < 4.78 is 5.47. The van der Waals surface area contributed by atoms with Crippen molar-refractivity contribution in [3.8, 4) is 0 Å². The van der Waals surface area contributed by atoms with Gasteiger partial charge in [0, 0.05) is 24.7 Å². The number of amides is 1. The van der Waals surface area contributed by atoms with Crippen molar-refractivity contribution in [3.05, 3.63) is 34.9 Å². The summed E-state index contributed by atoms with van der Waals surface area (Å²) >= 11 is 6.43. The molecule has 2 fully saturated rings. The Labute approximate surface area is 154 Å². The third-order valence-corrected chi connectivity index (χ3v) is 5.75. The highest BCUT2D eigenvalue weighted by Gasteiger charge is 2.36. The summed E-state index contributed by atoms with van der Waals surface area (Å²) in [6.07, 6.45) is 4.77. The number of hydrogen-bond donors (Lipinski definition) is 2. The molecule has 1 saturated heterocycles. The van der Waals surface area contributed by atoms with E-state index in [1.54, 1.807) is 0 Å². The van der Waals surface area contributed by atoms with Crippen molar-refractivity contribution in [3.63, 3.8) is 0 Å². The Morgan fingerprint density at radius 3 is 2.60 bits per heavy atom. The first-order valence-electron chi connectivity index (χ1n) is 9.23. The molecule has 1 amide bonds. The average Bonchev–Trinajstić information content (AvgIpc) is 2.64. The lowest BCUT2D eigenvalue weighted by Gasteiger charge is -2.37. The number of nitrogens with one attached hydrogen (secondary N) is 1. The summed E-state index contributed by atoms with van der Waals surface area (Å²) in [6, 6.07) is 7.89. The van der Waals surface area contributed by atoms with Crippen LogP contribution in [0.3, 0.4) is 0 Å². The van der Waals surface area contributed by atoms with Crippen LogP contribution in [0.5, 0.6) is 0 Å². The largest absolute Gasteiger partial charge is 0.379 e. The lowest BCUT2D eigenvalue weighted by Crippen LogP contribution is -2.56. The van der Waals surface area contributed by atoms with Gasteiger partial charge >= 0.3 is 0 Å². The minimum absolute atomic E-state index is 0.0301. The first kappa shape index (κ1) is 18.6. The molecule has 1 heterocycles. The van der Waals surface area contributed by atoms with Gasteiger partial charge in [0.2, 0.25) is 5.91 Å². The van der Waals surface area contributed by atoms with Gasteiger partial charge in [0.05, 0.1) is 24.8 Å². The van der Waals surface area contributed by atoms with Crippen molar-refractivity contribution in [1.82, 2.24) is 10.2 Å². The Balaban J connectivity index is 1.71. The van der Waals surface area contributed by atoms with E-state index in [2.05, 4.69) is 10.2 Å². The predicted molar refractivity (Wildman–Crippen MR) is 99.6 cm³/mol. The second kappa shape index (κ2) is 8.49. The molecule has 1 unspecified atom stereocenters. The van der Waals surface area contributed by atoms with Crippen LogP contribution in [0.25, 0.3) is 0 Å². The van der Waals surface area contributed by atoms with Crippen LogP contribution in [0.2, 0.25) is 5.02 Å². The van der Waals surface area contributed by atoms with Crippen molar-refractivity contribution in [2.75, 3.05) is 32.8 Å². The molecule has 0 bridgehead atoms. The summed E-state index contributed by atoms with van der Waals surface area (Å²) in [7, 11) is 0. The third kappa shape index (κ3) is 4.53. The molecule has 1 atom stereocenters. The van der Waals surface area contributed by atoms with Crippen LogP contribution in [0.15, 0.2) is 24.3 Å². The van der Waals surface area contributed by atoms with Gasteiger partial charge in [0.15, 0.2) is 0 Å². The molecule has 1 saturated carbocycles. The molecule has 1 aliphatic heterocycles. The maximum absolute atomic E-state index is 12.7. The quantitative estimate of drug-likeness (QED) is 0.841. The molecular weight excluding hydrogens is 338 g/mol. The van der Waals surface area contributed by atoms with Gasteiger partial charge in [-0.2, -0.15) is 0 Å². The molecule has 3 N–H and O–H groups in total. The highest BCUT2D eigenvalue weighted by atomic mass is 35.5. The number of nitrogens with zero attached hydrogens (tertiary/aromatic N) is 1. The Kier molecular flexibility index (Phi) is 6.34. The number of ether oxygens (including phenoxy) is 1. The van der Waals surface area contributed by atoms with E-state index in [4.69, 9.17) is 22.1 Å². The summed E-state index contributed by atoms with van der Waals surface area (Å²) in [5, 5.41) is 3.84. The van der Waals surface area contributed by atoms with Gasteiger partial charge < -0.3 is 15.8 Å². The molecule has 3 rings (SSSR count). The van der Waals surface area contributed by atoms with E-state index in [0.29, 0.717) is 19.8 Å². The molecule has 1 aliphatic carbocycles. The van der Waals surface area contributed by atoms with Gasteiger partial charge in [0.1, 0.15) is 0 Å².